The number of hydrogen-bond donors (Lipinski definition) is 2. The first-order valence-corrected chi connectivity index (χ1v) is 8.34. The molecule has 2 atom stereocenters. The van der Waals surface area contributed by atoms with Gasteiger partial charge in [-0.2, -0.15) is 5.10 Å². The van der Waals surface area contributed by atoms with Crippen LogP contribution in [0.3, 0.4) is 0 Å². The minimum absolute atomic E-state index is 0.257. The van der Waals surface area contributed by atoms with Crippen molar-refractivity contribution >= 4 is 32.8 Å². The van der Waals surface area contributed by atoms with Crippen molar-refractivity contribution in [3.05, 3.63) is 46.6 Å². The van der Waals surface area contributed by atoms with Crippen molar-refractivity contribution in [2.24, 2.45) is 7.05 Å². The summed E-state index contributed by atoms with van der Waals surface area (Å²) in [6.07, 6.45) is 1.01. The molecule has 6 nitrogen and oxygen atoms in total. The second-order valence-corrected chi connectivity index (χ2v) is 6.21. The number of aliphatic hydroxyl groups is 1. The smallest absolute Gasteiger partial charge is 0.164 e. The number of benzene rings is 1. The SMILES string of the molecule is CCC(Nc1ncnc2c1c(Br)nn2C)C(O)c1ccccc1F. The van der Waals surface area contributed by atoms with Crippen molar-refractivity contribution < 1.29 is 9.50 Å². The molecule has 3 aromatic rings. The number of hydrogen-bond acceptors (Lipinski definition) is 5. The van der Waals surface area contributed by atoms with E-state index in [0.29, 0.717) is 22.5 Å². The van der Waals surface area contributed by atoms with Crippen LogP contribution >= 0.6 is 15.9 Å². The van der Waals surface area contributed by atoms with Gasteiger partial charge in [-0.1, -0.05) is 25.1 Å². The molecule has 8 heteroatoms. The van der Waals surface area contributed by atoms with E-state index in [2.05, 4.69) is 36.3 Å². The molecular formula is C16H17BrFN5O. The van der Waals surface area contributed by atoms with Crippen LogP contribution in [-0.4, -0.2) is 30.9 Å². The molecule has 0 aliphatic rings. The Labute approximate surface area is 146 Å². The van der Waals surface area contributed by atoms with E-state index < -0.39 is 18.0 Å². The lowest BCUT2D eigenvalue weighted by atomic mass is 9.99. The highest BCUT2D eigenvalue weighted by Crippen LogP contribution is 2.30. The summed E-state index contributed by atoms with van der Waals surface area (Å²) < 4.78 is 16.2. The van der Waals surface area contributed by atoms with Gasteiger partial charge in [-0.15, -0.1) is 0 Å². The topological polar surface area (TPSA) is 75.9 Å². The van der Waals surface area contributed by atoms with Crippen LogP contribution in [0.15, 0.2) is 35.2 Å². The third-order valence-electron chi connectivity index (χ3n) is 3.94. The summed E-state index contributed by atoms with van der Waals surface area (Å²) in [5, 5.41) is 18.8. The number of rotatable bonds is 5. The third-order valence-corrected chi connectivity index (χ3v) is 4.50. The van der Waals surface area contributed by atoms with Crippen LogP contribution in [0.1, 0.15) is 25.0 Å². The van der Waals surface area contributed by atoms with Gasteiger partial charge in [0.15, 0.2) is 5.65 Å². The molecule has 0 amide bonds. The van der Waals surface area contributed by atoms with Crippen LogP contribution in [0.2, 0.25) is 0 Å². The Morgan fingerprint density at radius 2 is 2.08 bits per heavy atom. The summed E-state index contributed by atoms with van der Waals surface area (Å²) in [5.74, 6) is 0.114. The second-order valence-electron chi connectivity index (χ2n) is 5.46. The summed E-state index contributed by atoms with van der Waals surface area (Å²) >= 11 is 3.40. The summed E-state index contributed by atoms with van der Waals surface area (Å²) in [4.78, 5) is 8.47. The van der Waals surface area contributed by atoms with Gasteiger partial charge in [0.25, 0.3) is 0 Å². The third kappa shape index (κ3) is 2.99. The molecule has 0 saturated carbocycles. The van der Waals surface area contributed by atoms with Crippen LogP contribution in [0, 0.1) is 5.82 Å². The van der Waals surface area contributed by atoms with E-state index in [4.69, 9.17) is 0 Å². The van der Waals surface area contributed by atoms with E-state index in [1.807, 2.05) is 6.92 Å². The molecule has 0 fully saturated rings. The predicted molar refractivity (Wildman–Crippen MR) is 93.1 cm³/mol. The predicted octanol–water partition coefficient (Wildman–Crippen LogP) is 3.19. The number of nitrogens with zero attached hydrogens (tertiary/aromatic N) is 4. The minimum Gasteiger partial charge on any atom is -0.386 e. The zero-order chi connectivity index (χ0) is 17.3. The van der Waals surface area contributed by atoms with Crippen LogP contribution in [0.5, 0.6) is 0 Å². The molecule has 1 aromatic carbocycles. The maximum Gasteiger partial charge on any atom is 0.164 e. The first kappa shape index (κ1) is 16.8. The zero-order valence-electron chi connectivity index (χ0n) is 13.2. The molecular weight excluding hydrogens is 377 g/mol. The van der Waals surface area contributed by atoms with Gasteiger partial charge in [0.05, 0.1) is 11.4 Å². The van der Waals surface area contributed by atoms with Gasteiger partial charge in [0, 0.05) is 12.6 Å². The van der Waals surface area contributed by atoms with E-state index in [9.17, 15) is 9.50 Å². The highest BCUT2D eigenvalue weighted by atomic mass is 79.9. The fraction of sp³-hybridized carbons (Fsp3) is 0.312. The van der Waals surface area contributed by atoms with Crippen molar-refractivity contribution in [2.75, 3.05) is 5.32 Å². The maximum atomic E-state index is 14.0. The summed E-state index contributed by atoms with van der Waals surface area (Å²) in [6, 6.07) is 5.81. The average Bonchev–Trinajstić information content (AvgIpc) is 2.88. The Balaban J connectivity index is 1.95. The molecule has 0 saturated heterocycles. The standard InChI is InChI=1S/C16H17BrFN5O/c1-3-11(13(24)9-6-4-5-7-10(9)18)21-15-12-14(17)22-23(2)16(12)20-8-19-15/h4-8,11,13,24H,3H2,1-2H3,(H,19,20,21). The minimum atomic E-state index is -1.00. The van der Waals surface area contributed by atoms with Gasteiger partial charge in [-0.3, -0.25) is 0 Å². The first-order chi connectivity index (χ1) is 11.5. The molecule has 0 bridgehead atoms. The lowest BCUT2D eigenvalue weighted by Crippen LogP contribution is -2.28. The molecule has 0 aliphatic carbocycles. The quantitative estimate of drug-likeness (QED) is 0.695. The van der Waals surface area contributed by atoms with Gasteiger partial charge in [0.1, 0.15) is 28.7 Å². The van der Waals surface area contributed by atoms with E-state index in [1.165, 1.54) is 12.4 Å². The van der Waals surface area contributed by atoms with Gasteiger partial charge in [0.2, 0.25) is 0 Å². The fourth-order valence-corrected chi connectivity index (χ4v) is 3.26. The maximum absolute atomic E-state index is 14.0. The lowest BCUT2D eigenvalue weighted by Gasteiger charge is -2.24. The molecule has 0 aliphatic heterocycles. The highest BCUT2D eigenvalue weighted by Gasteiger charge is 2.24. The number of halogens is 2. The number of nitrogens with one attached hydrogen (secondary N) is 1. The number of aliphatic hydroxyl groups excluding tert-OH is 1. The molecule has 24 heavy (non-hydrogen) atoms. The van der Waals surface area contributed by atoms with Gasteiger partial charge in [-0.05, 0) is 28.4 Å². The van der Waals surface area contributed by atoms with Gasteiger partial charge in [-0.25, -0.2) is 19.0 Å². The van der Waals surface area contributed by atoms with Crippen molar-refractivity contribution in [3.63, 3.8) is 0 Å². The van der Waals surface area contributed by atoms with Crippen LogP contribution < -0.4 is 5.32 Å². The Morgan fingerprint density at radius 1 is 1.33 bits per heavy atom. The van der Waals surface area contributed by atoms with Crippen LogP contribution in [-0.2, 0) is 7.05 Å². The van der Waals surface area contributed by atoms with Crippen molar-refractivity contribution in [2.45, 2.75) is 25.5 Å². The normalized spacial score (nSPS) is 13.9. The van der Waals surface area contributed by atoms with E-state index in [1.54, 1.807) is 29.9 Å². The van der Waals surface area contributed by atoms with Crippen molar-refractivity contribution in [3.8, 4) is 0 Å². The molecule has 2 heterocycles. The average molecular weight is 394 g/mol. The number of fused-ring (bicyclic) bond motifs is 1. The molecule has 0 radical (unpaired) electrons. The second kappa shape index (κ2) is 6.82. The van der Waals surface area contributed by atoms with Gasteiger partial charge >= 0.3 is 0 Å². The van der Waals surface area contributed by atoms with Crippen LogP contribution in [0.4, 0.5) is 10.2 Å². The van der Waals surface area contributed by atoms with E-state index >= 15 is 0 Å². The summed E-state index contributed by atoms with van der Waals surface area (Å²) in [6.45, 7) is 1.92. The largest absolute Gasteiger partial charge is 0.386 e. The molecule has 2 aromatic heterocycles. The monoisotopic (exact) mass is 393 g/mol. The van der Waals surface area contributed by atoms with Gasteiger partial charge < -0.3 is 10.4 Å². The molecule has 3 rings (SSSR count). The van der Waals surface area contributed by atoms with Crippen molar-refractivity contribution in [1.82, 2.24) is 19.7 Å². The molecule has 0 spiro atoms. The molecule has 2 N–H and O–H groups in total. The highest BCUT2D eigenvalue weighted by molar-refractivity contribution is 9.10. The van der Waals surface area contributed by atoms with Crippen molar-refractivity contribution in [1.29, 1.82) is 0 Å². The number of aromatic nitrogens is 4. The fourth-order valence-electron chi connectivity index (χ4n) is 2.66. The first-order valence-electron chi connectivity index (χ1n) is 7.55. The number of aryl methyl sites for hydroxylation is 1. The van der Waals surface area contributed by atoms with E-state index in [-0.39, 0.29) is 5.56 Å². The Bertz CT molecular complexity index is 869. The molecule has 126 valence electrons. The Hall–Kier alpha value is -2.06. The van der Waals surface area contributed by atoms with E-state index in [0.717, 1.165) is 5.39 Å². The Morgan fingerprint density at radius 3 is 2.79 bits per heavy atom. The lowest BCUT2D eigenvalue weighted by molar-refractivity contribution is 0.148. The Kier molecular flexibility index (Phi) is 4.77. The summed E-state index contributed by atoms with van der Waals surface area (Å²) in [7, 11) is 1.79. The zero-order valence-corrected chi connectivity index (χ0v) is 14.8. The molecule has 2 unspecified atom stereocenters. The van der Waals surface area contributed by atoms with Crippen LogP contribution in [0.25, 0.3) is 11.0 Å². The number of anilines is 1. The summed E-state index contributed by atoms with van der Waals surface area (Å²) in [5.41, 5.74) is 0.919.